The molecule has 1 N–H and O–H groups in total. The predicted molar refractivity (Wildman–Crippen MR) is 139 cm³/mol. The molecule has 1 saturated heterocycles. The number of nitrogens with zero attached hydrogens (tertiary/aromatic N) is 2. The topological polar surface area (TPSA) is 96.4 Å². The number of hydrogen-bond donors (Lipinski definition) is 1. The highest BCUT2D eigenvalue weighted by atomic mass is 16.6. The van der Waals surface area contributed by atoms with E-state index in [1.807, 2.05) is 71.0 Å². The number of amides is 2. The molecule has 2 aromatic rings. The highest BCUT2D eigenvalue weighted by Crippen LogP contribution is 2.44. The molecule has 0 saturated carbocycles. The van der Waals surface area contributed by atoms with E-state index in [9.17, 15) is 19.5 Å². The number of carbonyl (C=O) groups excluding carboxylic acids is 2. The quantitative estimate of drug-likeness (QED) is 0.584. The number of carboxylic acid groups (broad SMARTS) is 1. The fourth-order valence-corrected chi connectivity index (χ4v) is 5.53. The Bertz CT molecular complexity index is 1140. The van der Waals surface area contributed by atoms with Crippen molar-refractivity contribution in [2.45, 2.75) is 58.6 Å². The van der Waals surface area contributed by atoms with Crippen LogP contribution >= 0.6 is 0 Å². The van der Waals surface area contributed by atoms with Gasteiger partial charge in [0.15, 0.2) is 0 Å². The van der Waals surface area contributed by atoms with Gasteiger partial charge >= 0.3 is 18.2 Å². The second kappa shape index (κ2) is 10.1. The zero-order valence-corrected chi connectivity index (χ0v) is 22.2. The van der Waals surface area contributed by atoms with Gasteiger partial charge in [0.05, 0.1) is 0 Å². The number of benzene rings is 2. The molecule has 1 aliphatic heterocycles. The fourth-order valence-electron chi connectivity index (χ4n) is 5.53. The molecular weight excluding hydrogens is 472 g/mol. The molecule has 198 valence electrons. The number of carbonyl (C=O) groups is 3. The Hall–Kier alpha value is -3.55. The van der Waals surface area contributed by atoms with E-state index in [4.69, 9.17) is 9.47 Å². The highest BCUT2D eigenvalue weighted by Gasteiger charge is 2.44. The van der Waals surface area contributed by atoms with Crippen molar-refractivity contribution in [3.05, 3.63) is 59.7 Å². The van der Waals surface area contributed by atoms with E-state index in [2.05, 4.69) is 12.1 Å². The van der Waals surface area contributed by atoms with Crippen molar-refractivity contribution in [2.75, 3.05) is 26.2 Å². The summed E-state index contributed by atoms with van der Waals surface area (Å²) in [6.07, 6.45) is -0.651. The van der Waals surface area contributed by atoms with Crippen LogP contribution in [0.1, 0.15) is 58.1 Å². The maximum absolute atomic E-state index is 13.4. The van der Waals surface area contributed by atoms with Crippen LogP contribution in [0.25, 0.3) is 11.1 Å². The lowest BCUT2D eigenvalue weighted by molar-refractivity contribution is -0.139. The summed E-state index contributed by atoms with van der Waals surface area (Å²) >= 11 is 0. The van der Waals surface area contributed by atoms with Gasteiger partial charge in [-0.05, 0) is 49.4 Å². The Kier molecular flexibility index (Phi) is 7.22. The van der Waals surface area contributed by atoms with Crippen LogP contribution in [0.2, 0.25) is 0 Å². The normalized spacial score (nSPS) is 18.5. The maximum Gasteiger partial charge on any atom is 0.410 e. The van der Waals surface area contributed by atoms with Gasteiger partial charge in [0.25, 0.3) is 0 Å². The minimum atomic E-state index is -1.11. The molecule has 0 aromatic heterocycles. The van der Waals surface area contributed by atoms with Crippen LogP contribution < -0.4 is 0 Å². The summed E-state index contributed by atoms with van der Waals surface area (Å²) < 4.78 is 11.3. The predicted octanol–water partition coefficient (Wildman–Crippen LogP) is 5.36. The van der Waals surface area contributed by atoms with Crippen molar-refractivity contribution in [1.29, 1.82) is 0 Å². The Labute approximate surface area is 218 Å². The van der Waals surface area contributed by atoms with Crippen LogP contribution in [-0.2, 0) is 14.3 Å². The van der Waals surface area contributed by atoms with Crippen LogP contribution in [0.4, 0.5) is 9.59 Å². The molecule has 8 heteroatoms. The fraction of sp³-hybridized carbons (Fsp3) is 0.483. The minimum absolute atomic E-state index is 0.111. The lowest BCUT2D eigenvalue weighted by Gasteiger charge is -2.47. The smallest absolute Gasteiger partial charge is 0.410 e. The molecule has 0 radical (unpaired) electrons. The summed E-state index contributed by atoms with van der Waals surface area (Å²) in [6, 6.07) is 15.7. The van der Waals surface area contributed by atoms with Gasteiger partial charge < -0.3 is 19.5 Å². The number of fused-ring (bicyclic) bond motifs is 3. The van der Waals surface area contributed by atoms with E-state index in [0.29, 0.717) is 19.5 Å². The van der Waals surface area contributed by atoms with Crippen molar-refractivity contribution in [1.82, 2.24) is 9.80 Å². The van der Waals surface area contributed by atoms with Gasteiger partial charge in [-0.3, -0.25) is 9.69 Å². The molecule has 1 heterocycles. The van der Waals surface area contributed by atoms with Crippen LogP contribution in [0, 0.1) is 5.41 Å². The summed E-state index contributed by atoms with van der Waals surface area (Å²) in [4.78, 5) is 40.7. The molecule has 2 aliphatic rings. The number of ether oxygens (including phenoxy) is 2. The van der Waals surface area contributed by atoms with Gasteiger partial charge in [-0.25, -0.2) is 9.59 Å². The van der Waals surface area contributed by atoms with E-state index in [1.165, 1.54) is 4.90 Å². The lowest BCUT2D eigenvalue weighted by Crippen LogP contribution is -2.59. The zero-order valence-electron chi connectivity index (χ0n) is 22.2. The molecule has 1 fully saturated rings. The third-order valence-corrected chi connectivity index (χ3v) is 7.08. The summed E-state index contributed by atoms with van der Waals surface area (Å²) in [7, 11) is 0. The monoisotopic (exact) mass is 508 g/mol. The number of hydrogen-bond acceptors (Lipinski definition) is 5. The van der Waals surface area contributed by atoms with Crippen LogP contribution in [0.5, 0.6) is 0 Å². The van der Waals surface area contributed by atoms with Crippen molar-refractivity contribution in [3.8, 4) is 11.1 Å². The second-order valence-electron chi connectivity index (χ2n) is 11.5. The summed E-state index contributed by atoms with van der Waals surface area (Å²) in [6.45, 7) is 9.63. The molecule has 2 aromatic carbocycles. The van der Waals surface area contributed by atoms with Crippen LogP contribution in [0.15, 0.2) is 48.5 Å². The Balaban J connectivity index is 1.49. The van der Waals surface area contributed by atoms with Crippen molar-refractivity contribution >= 4 is 18.2 Å². The van der Waals surface area contributed by atoms with Crippen molar-refractivity contribution in [3.63, 3.8) is 0 Å². The minimum Gasteiger partial charge on any atom is -0.480 e. The highest BCUT2D eigenvalue weighted by molar-refractivity contribution is 5.80. The first kappa shape index (κ1) is 26.5. The van der Waals surface area contributed by atoms with Gasteiger partial charge in [-0.2, -0.15) is 0 Å². The van der Waals surface area contributed by atoms with E-state index in [0.717, 1.165) is 22.3 Å². The number of piperidine rings is 1. The number of aliphatic carboxylic acids is 1. The summed E-state index contributed by atoms with van der Waals surface area (Å²) in [5, 5.41) is 9.61. The van der Waals surface area contributed by atoms with E-state index < -0.39 is 41.8 Å². The van der Waals surface area contributed by atoms with Crippen molar-refractivity contribution < 1.29 is 29.0 Å². The largest absolute Gasteiger partial charge is 0.480 e. The molecule has 0 spiro atoms. The molecule has 1 unspecified atom stereocenters. The first-order valence-electron chi connectivity index (χ1n) is 12.7. The molecule has 1 atom stereocenters. The van der Waals surface area contributed by atoms with Crippen LogP contribution in [-0.4, -0.2) is 70.9 Å². The summed E-state index contributed by atoms with van der Waals surface area (Å²) in [5.41, 5.74) is 3.24. The third-order valence-electron chi connectivity index (χ3n) is 7.08. The third kappa shape index (κ3) is 5.73. The van der Waals surface area contributed by atoms with Gasteiger partial charge in [0, 0.05) is 30.5 Å². The average Bonchev–Trinajstić information content (AvgIpc) is 3.13. The second-order valence-corrected chi connectivity index (χ2v) is 11.5. The molecule has 0 bridgehead atoms. The first-order chi connectivity index (χ1) is 17.4. The number of carboxylic acids is 1. The summed E-state index contributed by atoms with van der Waals surface area (Å²) in [5.74, 6) is -1.23. The maximum atomic E-state index is 13.4. The molecule has 2 amide bonds. The standard InChI is InChI=1S/C29H36N2O6/c1-28(2,3)37-26(34)30-15-14-24(29(4,5)18-30)31(16-25(32)33)27(35)36-17-23-21-12-8-6-10-19(21)20-11-7-9-13-22(20)23/h6-13,23-24H,14-18H2,1-5H3,(H,32,33). The van der Waals surface area contributed by atoms with E-state index in [-0.39, 0.29) is 12.5 Å². The molecule has 4 rings (SSSR count). The van der Waals surface area contributed by atoms with Crippen LogP contribution in [0.3, 0.4) is 0 Å². The van der Waals surface area contributed by atoms with E-state index in [1.54, 1.807) is 4.90 Å². The van der Waals surface area contributed by atoms with Crippen molar-refractivity contribution in [2.24, 2.45) is 5.41 Å². The molecular formula is C29H36N2O6. The molecule has 37 heavy (non-hydrogen) atoms. The number of likely N-dealkylation sites (tertiary alicyclic amines) is 1. The van der Waals surface area contributed by atoms with E-state index >= 15 is 0 Å². The van der Waals surface area contributed by atoms with Gasteiger partial charge in [0.2, 0.25) is 0 Å². The van der Waals surface area contributed by atoms with Gasteiger partial charge in [-0.1, -0.05) is 62.4 Å². The zero-order chi connectivity index (χ0) is 27.0. The Morgan fingerprint density at radius 1 is 1.03 bits per heavy atom. The lowest BCUT2D eigenvalue weighted by atomic mass is 9.78. The van der Waals surface area contributed by atoms with Gasteiger partial charge in [-0.15, -0.1) is 0 Å². The SMILES string of the molecule is CC(C)(C)OC(=O)N1CCC(N(CC(=O)O)C(=O)OCC2c3ccccc3-c3ccccc32)C(C)(C)C1. The molecule has 8 nitrogen and oxygen atoms in total. The number of rotatable bonds is 5. The average molecular weight is 509 g/mol. The Morgan fingerprint density at radius 3 is 2.11 bits per heavy atom. The Morgan fingerprint density at radius 2 is 1.59 bits per heavy atom. The first-order valence-corrected chi connectivity index (χ1v) is 12.7. The van der Waals surface area contributed by atoms with Gasteiger partial charge in [0.1, 0.15) is 18.8 Å². The molecule has 1 aliphatic carbocycles.